The van der Waals surface area contributed by atoms with E-state index < -0.39 is 0 Å². The molecule has 1 saturated heterocycles. The molecule has 2 atom stereocenters. The Bertz CT molecular complexity index is 395. The summed E-state index contributed by atoms with van der Waals surface area (Å²) >= 11 is 5.97. The highest BCUT2D eigenvalue weighted by atomic mass is 35.5. The molecule has 2 rings (SSSR count). The molecule has 1 fully saturated rings. The van der Waals surface area contributed by atoms with Crippen molar-refractivity contribution < 1.29 is 4.39 Å². The zero-order valence-corrected chi connectivity index (χ0v) is 11.0. The second-order valence-corrected chi connectivity index (χ2v) is 5.13. The van der Waals surface area contributed by atoms with Gasteiger partial charge in [-0.2, -0.15) is 0 Å². The standard InChI is InChI=1S/C13H18ClFN2/c1-16-8-9-5-6-17(2)13(9)11-7-10(14)3-4-12(11)15/h3-4,7,9,13,16H,5-6,8H2,1-2H3. The fraction of sp³-hybridized carbons (Fsp3) is 0.538. The van der Waals surface area contributed by atoms with E-state index in [4.69, 9.17) is 11.6 Å². The molecule has 0 bridgehead atoms. The molecule has 0 aromatic heterocycles. The van der Waals surface area contributed by atoms with E-state index in [1.807, 2.05) is 14.1 Å². The summed E-state index contributed by atoms with van der Waals surface area (Å²) in [5.41, 5.74) is 0.720. The lowest BCUT2D eigenvalue weighted by atomic mass is 9.93. The summed E-state index contributed by atoms with van der Waals surface area (Å²) in [5, 5.41) is 3.78. The lowest BCUT2D eigenvalue weighted by molar-refractivity contribution is 0.267. The second-order valence-electron chi connectivity index (χ2n) is 4.70. The largest absolute Gasteiger partial charge is 0.319 e. The first-order chi connectivity index (χ1) is 8.13. The third kappa shape index (κ3) is 2.62. The van der Waals surface area contributed by atoms with E-state index in [1.165, 1.54) is 6.07 Å². The summed E-state index contributed by atoms with van der Waals surface area (Å²) in [4.78, 5) is 2.21. The van der Waals surface area contributed by atoms with E-state index in [0.29, 0.717) is 10.9 Å². The van der Waals surface area contributed by atoms with Crippen LogP contribution in [-0.2, 0) is 0 Å². The Kier molecular flexibility index (Phi) is 4.02. The Morgan fingerprint density at radius 1 is 1.53 bits per heavy atom. The van der Waals surface area contributed by atoms with E-state index in [1.54, 1.807) is 12.1 Å². The Balaban J connectivity index is 2.32. The van der Waals surface area contributed by atoms with Crippen molar-refractivity contribution in [2.45, 2.75) is 12.5 Å². The quantitative estimate of drug-likeness (QED) is 0.895. The fourth-order valence-corrected chi connectivity index (χ4v) is 2.92. The van der Waals surface area contributed by atoms with Crippen molar-refractivity contribution >= 4 is 11.6 Å². The van der Waals surface area contributed by atoms with Gasteiger partial charge in [-0.05, 0) is 57.7 Å². The van der Waals surface area contributed by atoms with E-state index >= 15 is 0 Å². The van der Waals surface area contributed by atoms with E-state index in [2.05, 4.69) is 10.2 Å². The summed E-state index contributed by atoms with van der Waals surface area (Å²) in [5.74, 6) is 0.284. The van der Waals surface area contributed by atoms with Gasteiger partial charge in [0.05, 0.1) is 0 Å². The number of hydrogen-bond donors (Lipinski definition) is 1. The maximum absolute atomic E-state index is 13.9. The lowest BCUT2D eigenvalue weighted by Gasteiger charge is -2.26. The molecule has 1 N–H and O–H groups in total. The Morgan fingerprint density at radius 3 is 3.00 bits per heavy atom. The predicted molar refractivity (Wildman–Crippen MR) is 68.8 cm³/mol. The van der Waals surface area contributed by atoms with E-state index in [9.17, 15) is 4.39 Å². The third-order valence-corrected chi connectivity index (χ3v) is 3.75. The van der Waals surface area contributed by atoms with Crippen LogP contribution in [0.4, 0.5) is 4.39 Å². The number of benzene rings is 1. The molecule has 1 aromatic carbocycles. The normalized spacial score (nSPS) is 25.4. The Labute approximate surface area is 107 Å². The molecule has 17 heavy (non-hydrogen) atoms. The average Bonchev–Trinajstić information content (AvgIpc) is 2.64. The summed E-state index contributed by atoms with van der Waals surface area (Å²) in [7, 11) is 3.98. The van der Waals surface area contributed by atoms with Gasteiger partial charge in [0.15, 0.2) is 0 Å². The van der Waals surface area contributed by atoms with Crippen LogP contribution in [-0.4, -0.2) is 32.1 Å². The monoisotopic (exact) mass is 256 g/mol. The number of nitrogens with zero attached hydrogens (tertiary/aromatic N) is 1. The molecule has 0 spiro atoms. The van der Waals surface area contributed by atoms with Crippen LogP contribution in [0.3, 0.4) is 0 Å². The average molecular weight is 257 g/mol. The van der Waals surface area contributed by atoms with Crippen LogP contribution in [0.1, 0.15) is 18.0 Å². The summed E-state index contributed by atoms with van der Waals surface area (Å²) in [6, 6.07) is 4.94. The van der Waals surface area contributed by atoms with E-state index in [0.717, 1.165) is 25.1 Å². The molecule has 2 unspecified atom stereocenters. The van der Waals surface area contributed by atoms with Gasteiger partial charge in [0.2, 0.25) is 0 Å². The number of nitrogens with one attached hydrogen (secondary N) is 1. The van der Waals surface area contributed by atoms with Crippen LogP contribution in [0.2, 0.25) is 5.02 Å². The highest BCUT2D eigenvalue weighted by Crippen LogP contribution is 2.37. The molecular weight excluding hydrogens is 239 g/mol. The van der Waals surface area contributed by atoms with Crippen LogP contribution >= 0.6 is 11.6 Å². The van der Waals surface area contributed by atoms with Gasteiger partial charge in [0.1, 0.15) is 5.82 Å². The molecule has 1 aliphatic heterocycles. The highest BCUT2D eigenvalue weighted by Gasteiger charge is 2.34. The van der Waals surface area contributed by atoms with Crippen LogP contribution < -0.4 is 5.32 Å². The van der Waals surface area contributed by atoms with E-state index in [-0.39, 0.29) is 11.9 Å². The number of halogens is 2. The number of hydrogen-bond acceptors (Lipinski definition) is 2. The fourth-order valence-electron chi connectivity index (χ4n) is 2.73. The number of likely N-dealkylation sites (tertiary alicyclic amines) is 1. The molecule has 2 nitrogen and oxygen atoms in total. The summed E-state index contributed by atoms with van der Waals surface area (Å²) < 4.78 is 13.9. The van der Waals surface area contributed by atoms with Crippen molar-refractivity contribution in [2.75, 3.05) is 27.2 Å². The van der Waals surface area contributed by atoms with Gasteiger partial charge in [-0.25, -0.2) is 4.39 Å². The molecule has 1 aliphatic rings. The second kappa shape index (κ2) is 5.34. The lowest BCUT2D eigenvalue weighted by Crippen LogP contribution is -2.27. The van der Waals surface area contributed by atoms with Gasteiger partial charge >= 0.3 is 0 Å². The van der Waals surface area contributed by atoms with Crippen molar-refractivity contribution in [3.63, 3.8) is 0 Å². The minimum atomic E-state index is -0.158. The van der Waals surface area contributed by atoms with Gasteiger partial charge in [-0.3, -0.25) is 4.90 Å². The molecule has 4 heteroatoms. The van der Waals surface area contributed by atoms with Gasteiger partial charge in [0.25, 0.3) is 0 Å². The molecule has 0 aliphatic carbocycles. The Hall–Kier alpha value is -0.640. The maximum Gasteiger partial charge on any atom is 0.128 e. The van der Waals surface area contributed by atoms with Gasteiger partial charge < -0.3 is 5.32 Å². The zero-order chi connectivity index (χ0) is 12.4. The van der Waals surface area contributed by atoms with Crippen LogP contribution in [0, 0.1) is 11.7 Å². The summed E-state index contributed by atoms with van der Waals surface area (Å²) in [6.45, 7) is 1.91. The zero-order valence-electron chi connectivity index (χ0n) is 10.2. The molecule has 1 heterocycles. The number of rotatable bonds is 3. The SMILES string of the molecule is CNCC1CCN(C)C1c1cc(Cl)ccc1F. The van der Waals surface area contributed by atoms with Crippen molar-refractivity contribution in [2.24, 2.45) is 5.92 Å². The first-order valence-corrected chi connectivity index (χ1v) is 6.31. The maximum atomic E-state index is 13.9. The smallest absolute Gasteiger partial charge is 0.128 e. The molecule has 0 saturated carbocycles. The first-order valence-electron chi connectivity index (χ1n) is 5.93. The van der Waals surface area contributed by atoms with Crippen molar-refractivity contribution in [3.8, 4) is 0 Å². The first kappa shape index (κ1) is 12.8. The molecule has 94 valence electrons. The van der Waals surface area contributed by atoms with Crippen LogP contribution in [0.15, 0.2) is 18.2 Å². The van der Waals surface area contributed by atoms with Gasteiger partial charge in [-0.15, -0.1) is 0 Å². The van der Waals surface area contributed by atoms with Crippen molar-refractivity contribution in [3.05, 3.63) is 34.6 Å². The summed E-state index contributed by atoms with van der Waals surface area (Å²) in [6.07, 6.45) is 1.09. The molecule has 0 radical (unpaired) electrons. The van der Waals surface area contributed by atoms with Crippen LogP contribution in [0.5, 0.6) is 0 Å². The topological polar surface area (TPSA) is 15.3 Å². The minimum Gasteiger partial charge on any atom is -0.319 e. The van der Waals surface area contributed by atoms with Crippen molar-refractivity contribution in [1.29, 1.82) is 0 Å². The third-order valence-electron chi connectivity index (χ3n) is 3.52. The van der Waals surface area contributed by atoms with Crippen LogP contribution in [0.25, 0.3) is 0 Å². The van der Waals surface area contributed by atoms with Crippen molar-refractivity contribution in [1.82, 2.24) is 10.2 Å². The van der Waals surface area contributed by atoms with Gasteiger partial charge in [-0.1, -0.05) is 11.6 Å². The molecule has 1 aromatic rings. The highest BCUT2D eigenvalue weighted by molar-refractivity contribution is 6.30. The molecular formula is C13H18ClFN2. The minimum absolute atomic E-state index is 0.126. The van der Waals surface area contributed by atoms with Gasteiger partial charge in [0, 0.05) is 16.6 Å². The molecule has 0 amide bonds. The predicted octanol–water partition coefficient (Wildman–Crippen LogP) is 2.69. The Morgan fingerprint density at radius 2 is 2.29 bits per heavy atom.